The first-order valence-corrected chi connectivity index (χ1v) is 6.75. The Bertz CT molecular complexity index is 576. The lowest BCUT2D eigenvalue weighted by Gasteiger charge is -2.10. The first-order valence-electron chi connectivity index (χ1n) is 6.75. The van der Waals surface area contributed by atoms with Crippen LogP contribution in [0.15, 0.2) is 36.7 Å². The lowest BCUT2D eigenvalue weighted by atomic mass is 10.1. The Labute approximate surface area is 135 Å². The number of halogens is 1. The maximum Gasteiger partial charge on any atom is 0.239 e. The van der Waals surface area contributed by atoms with Gasteiger partial charge in [-0.1, -0.05) is 30.3 Å². The van der Waals surface area contributed by atoms with Crippen molar-refractivity contribution in [2.75, 3.05) is 6.61 Å². The van der Waals surface area contributed by atoms with Gasteiger partial charge in [0.1, 0.15) is 12.4 Å². The van der Waals surface area contributed by atoms with Crippen LogP contribution in [-0.2, 0) is 24.3 Å². The van der Waals surface area contributed by atoms with Crippen LogP contribution in [0.3, 0.4) is 0 Å². The van der Waals surface area contributed by atoms with E-state index in [0.717, 1.165) is 13.0 Å². The molecule has 0 unspecified atom stereocenters. The molecule has 2 aromatic rings. The van der Waals surface area contributed by atoms with Crippen molar-refractivity contribution in [1.82, 2.24) is 20.1 Å². The van der Waals surface area contributed by atoms with Gasteiger partial charge in [-0.25, -0.2) is 0 Å². The van der Waals surface area contributed by atoms with E-state index in [2.05, 4.69) is 27.6 Å². The van der Waals surface area contributed by atoms with Crippen molar-refractivity contribution in [1.29, 1.82) is 0 Å². The fourth-order valence-electron chi connectivity index (χ4n) is 1.88. The van der Waals surface area contributed by atoms with Gasteiger partial charge in [0.15, 0.2) is 5.82 Å². The summed E-state index contributed by atoms with van der Waals surface area (Å²) in [6.45, 7) is 0.585. The third-order valence-corrected chi connectivity index (χ3v) is 3.13. The highest BCUT2D eigenvalue weighted by Gasteiger charge is 2.13. The fraction of sp³-hybridized carbons (Fsp3) is 0.357. The zero-order chi connectivity index (χ0) is 15.1. The van der Waals surface area contributed by atoms with Gasteiger partial charge in [0.25, 0.3) is 0 Å². The van der Waals surface area contributed by atoms with Crippen molar-refractivity contribution in [3.8, 4) is 0 Å². The Morgan fingerprint density at radius 1 is 1.36 bits per heavy atom. The van der Waals surface area contributed by atoms with E-state index in [1.54, 1.807) is 6.33 Å². The molecule has 8 heteroatoms. The van der Waals surface area contributed by atoms with E-state index in [-0.39, 0.29) is 25.6 Å². The zero-order valence-electron chi connectivity index (χ0n) is 12.1. The van der Waals surface area contributed by atoms with E-state index in [0.29, 0.717) is 5.82 Å². The summed E-state index contributed by atoms with van der Waals surface area (Å²) in [6, 6.07) is 9.19. The maximum absolute atomic E-state index is 11.5. The summed E-state index contributed by atoms with van der Waals surface area (Å²) in [4.78, 5) is 11.5. The maximum atomic E-state index is 11.5. The largest absolute Gasteiger partial charge is 0.394 e. The Morgan fingerprint density at radius 2 is 2.09 bits per heavy atom. The number of hydrogen-bond acceptors (Lipinski definition) is 5. The van der Waals surface area contributed by atoms with E-state index in [1.165, 1.54) is 5.56 Å². The smallest absolute Gasteiger partial charge is 0.239 e. The van der Waals surface area contributed by atoms with E-state index in [1.807, 2.05) is 22.8 Å². The lowest BCUT2D eigenvalue weighted by Crippen LogP contribution is -2.42. The fourth-order valence-corrected chi connectivity index (χ4v) is 1.88. The highest BCUT2D eigenvalue weighted by atomic mass is 35.5. The van der Waals surface area contributed by atoms with Crippen LogP contribution in [0, 0.1) is 0 Å². The Kier molecular flexibility index (Phi) is 7.51. The second-order valence-electron chi connectivity index (χ2n) is 4.68. The molecule has 0 fully saturated rings. The molecule has 1 heterocycles. The predicted octanol–water partition coefficient (Wildman–Crippen LogP) is -0.122. The molecule has 120 valence electrons. The standard InChI is InChI=1S/C14H19N5O2.ClH/c15-12(9-20)14(21)16-8-13-18-17-10-19(13)7-6-11-4-2-1-3-5-11;/h1-5,10,12,20H,6-9,15H2,(H,16,21);1H/t12-;/m0./s1. The van der Waals surface area contributed by atoms with Crippen LogP contribution < -0.4 is 11.1 Å². The Balaban J connectivity index is 0.00000242. The molecular formula is C14H20ClN5O2. The number of carbonyl (C=O) groups excluding carboxylic acids is 1. The van der Waals surface area contributed by atoms with Gasteiger partial charge in [-0.3, -0.25) is 4.79 Å². The molecule has 0 radical (unpaired) electrons. The summed E-state index contributed by atoms with van der Waals surface area (Å²) in [6.07, 6.45) is 2.49. The number of aliphatic hydroxyl groups excluding tert-OH is 1. The predicted molar refractivity (Wildman–Crippen MR) is 84.3 cm³/mol. The van der Waals surface area contributed by atoms with Crippen molar-refractivity contribution in [2.45, 2.75) is 25.6 Å². The molecule has 0 bridgehead atoms. The average Bonchev–Trinajstić information content (AvgIpc) is 2.98. The number of rotatable bonds is 7. The van der Waals surface area contributed by atoms with Gasteiger partial charge in [-0.2, -0.15) is 0 Å². The van der Waals surface area contributed by atoms with Gasteiger partial charge >= 0.3 is 0 Å². The molecule has 0 saturated carbocycles. The molecule has 22 heavy (non-hydrogen) atoms. The van der Waals surface area contributed by atoms with Crippen LogP contribution in [0.1, 0.15) is 11.4 Å². The minimum absolute atomic E-state index is 0. The monoisotopic (exact) mass is 325 g/mol. The highest BCUT2D eigenvalue weighted by molar-refractivity contribution is 5.85. The molecule has 0 aliphatic rings. The minimum atomic E-state index is -0.911. The Morgan fingerprint density at radius 3 is 2.77 bits per heavy atom. The molecule has 4 N–H and O–H groups in total. The molecule has 1 atom stereocenters. The summed E-state index contributed by atoms with van der Waals surface area (Å²) < 4.78 is 1.89. The van der Waals surface area contributed by atoms with Crippen LogP contribution in [0.5, 0.6) is 0 Å². The van der Waals surface area contributed by atoms with Gasteiger partial charge in [-0.15, -0.1) is 22.6 Å². The number of benzene rings is 1. The van der Waals surface area contributed by atoms with Crippen molar-refractivity contribution < 1.29 is 9.90 Å². The van der Waals surface area contributed by atoms with Gasteiger partial charge in [0.05, 0.1) is 13.2 Å². The third kappa shape index (κ3) is 5.10. The molecule has 0 saturated heterocycles. The van der Waals surface area contributed by atoms with Crippen LogP contribution in [0.4, 0.5) is 0 Å². The number of carbonyl (C=O) groups is 1. The number of nitrogens with one attached hydrogen (secondary N) is 1. The SMILES string of the molecule is Cl.N[C@@H](CO)C(=O)NCc1nncn1CCc1ccccc1. The normalized spacial score (nSPS) is 11.5. The lowest BCUT2D eigenvalue weighted by molar-refractivity contribution is -0.123. The average molecular weight is 326 g/mol. The number of aryl methyl sites for hydroxylation is 2. The minimum Gasteiger partial charge on any atom is -0.394 e. The van der Waals surface area contributed by atoms with Crippen molar-refractivity contribution in [3.63, 3.8) is 0 Å². The molecule has 2 rings (SSSR count). The number of aliphatic hydroxyl groups is 1. The van der Waals surface area contributed by atoms with Crippen molar-refractivity contribution >= 4 is 18.3 Å². The quantitative estimate of drug-likeness (QED) is 0.658. The summed E-state index contributed by atoms with van der Waals surface area (Å²) in [5, 5.41) is 19.3. The third-order valence-electron chi connectivity index (χ3n) is 3.13. The number of nitrogens with two attached hydrogens (primary N) is 1. The molecule has 0 spiro atoms. The van der Waals surface area contributed by atoms with Gasteiger partial charge in [-0.05, 0) is 12.0 Å². The first-order chi connectivity index (χ1) is 10.2. The van der Waals surface area contributed by atoms with E-state index in [4.69, 9.17) is 10.8 Å². The first kappa shape index (κ1) is 18.1. The van der Waals surface area contributed by atoms with Crippen molar-refractivity contribution in [2.24, 2.45) is 5.73 Å². The van der Waals surface area contributed by atoms with Crippen molar-refractivity contribution in [3.05, 3.63) is 48.0 Å². The number of aromatic nitrogens is 3. The summed E-state index contributed by atoms with van der Waals surface area (Å²) in [5.41, 5.74) is 6.65. The van der Waals surface area contributed by atoms with Crippen LogP contribution >= 0.6 is 12.4 Å². The highest BCUT2D eigenvalue weighted by Crippen LogP contribution is 2.03. The summed E-state index contributed by atoms with van der Waals surface area (Å²) >= 11 is 0. The number of nitrogens with zero attached hydrogens (tertiary/aromatic N) is 3. The van der Waals surface area contributed by atoms with Crippen LogP contribution in [-0.4, -0.2) is 38.4 Å². The second kappa shape index (κ2) is 9.14. The molecule has 0 aliphatic carbocycles. The van der Waals surface area contributed by atoms with Gasteiger partial charge in [0.2, 0.25) is 5.91 Å². The summed E-state index contributed by atoms with van der Waals surface area (Å²) in [5.74, 6) is 0.250. The Hall–Kier alpha value is -1.96. The van der Waals surface area contributed by atoms with Gasteiger partial charge in [0, 0.05) is 6.54 Å². The molecule has 1 aromatic carbocycles. The van der Waals surface area contributed by atoms with E-state index >= 15 is 0 Å². The zero-order valence-corrected chi connectivity index (χ0v) is 12.9. The molecule has 0 aliphatic heterocycles. The number of hydrogen-bond donors (Lipinski definition) is 3. The van der Waals surface area contributed by atoms with Gasteiger partial charge < -0.3 is 20.7 Å². The van der Waals surface area contributed by atoms with Crippen LogP contribution in [0.25, 0.3) is 0 Å². The molecule has 7 nitrogen and oxygen atoms in total. The molecule has 1 aromatic heterocycles. The van der Waals surface area contributed by atoms with E-state index in [9.17, 15) is 4.79 Å². The molecule has 1 amide bonds. The topological polar surface area (TPSA) is 106 Å². The van der Waals surface area contributed by atoms with Crippen LogP contribution in [0.2, 0.25) is 0 Å². The van der Waals surface area contributed by atoms with E-state index < -0.39 is 11.9 Å². The second-order valence-corrected chi connectivity index (χ2v) is 4.68. The molecular weight excluding hydrogens is 306 g/mol. The summed E-state index contributed by atoms with van der Waals surface area (Å²) in [7, 11) is 0. The number of amides is 1.